The minimum absolute atomic E-state index is 0.127. The van der Waals surface area contributed by atoms with E-state index in [0.717, 1.165) is 0 Å². The second-order valence-electron chi connectivity index (χ2n) is 17.7. The Kier molecular flexibility index (Phi) is 8.07. The van der Waals surface area contributed by atoms with E-state index in [9.17, 15) is 0 Å². The minimum atomic E-state index is -4.01. The van der Waals surface area contributed by atoms with Gasteiger partial charge in [-0.2, -0.15) is 0 Å². The monoisotopic (exact) mass is 786 g/mol. The summed E-state index contributed by atoms with van der Waals surface area (Å²) in [5.74, 6) is 0. The van der Waals surface area contributed by atoms with Gasteiger partial charge in [0.1, 0.15) is 0 Å². The summed E-state index contributed by atoms with van der Waals surface area (Å²) in [6.07, 6.45) is 17.1. The Balaban J connectivity index is 1.39. The number of allylic oxidation sites excluding steroid dienone is 2. The van der Waals surface area contributed by atoms with Crippen LogP contribution in [0.25, 0.3) is 34.4 Å². The van der Waals surface area contributed by atoms with Crippen LogP contribution in [0.3, 0.4) is 0 Å². The molecule has 3 aliphatic rings. The van der Waals surface area contributed by atoms with Gasteiger partial charge in [-0.3, -0.25) is 0 Å². The number of fused-ring (bicyclic) bond motifs is 2. The van der Waals surface area contributed by atoms with Crippen molar-refractivity contribution in [3.05, 3.63) is 130 Å². The molecule has 7 rings (SSSR count). The summed E-state index contributed by atoms with van der Waals surface area (Å²) in [7, 11) is 0. The van der Waals surface area contributed by atoms with Crippen LogP contribution in [-0.2, 0) is 28.8 Å². The molecule has 0 spiro atoms. The van der Waals surface area contributed by atoms with E-state index in [-0.39, 0.29) is 10.8 Å². The van der Waals surface area contributed by atoms with E-state index in [0.29, 0.717) is 7.35 Å². The molecule has 2 atom stereocenters. The Labute approximate surface area is 285 Å². The normalized spacial score (nSPS) is 19.6. The molecule has 4 aromatic carbocycles. The molecule has 47 heavy (non-hydrogen) atoms. The standard InChI is InChI=1S/2C19H19.C6H10.2CH3.Hf/c2*1-19(2,3)16-10-4-9-15(13-16)18-12-6-8-14-7-5-11-17(14)18;1-2-4-6-5-3-1;;;/h2*4-13H,1-3H3;1-5H2;2*1H3;. The molecule has 0 amide bonds. The predicted molar refractivity (Wildman–Crippen MR) is 205 cm³/mol. The summed E-state index contributed by atoms with van der Waals surface area (Å²) in [4.78, 5) is 0. The van der Waals surface area contributed by atoms with Crippen molar-refractivity contribution in [2.45, 2.75) is 101 Å². The Bertz CT molecular complexity index is 1850. The number of hydrogen-bond acceptors (Lipinski definition) is 0. The third kappa shape index (κ3) is 5.50. The zero-order valence-corrected chi connectivity index (χ0v) is 33.7. The number of rotatable bonds is 4. The first-order chi connectivity index (χ1) is 22.3. The maximum absolute atomic E-state index is 4.01. The molecule has 0 aliphatic heterocycles. The summed E-state index contributed by atoms with van der Waals surface area (Å²) in [5.41, 5.74) is 14.6. The van der Waals surface area contributed by atoms with Gasteiger partial charge in [-0.25, -0.2) is 0 Å². The van der Waals surface area contributed by atoms with Gasteiger partial charge >= 0.3 is 287 Å². The molecule has 0 bridgehead atoms. The van der Waals surface area contributed by atoms with E-state index >= 15 is 0 Å². The van der Waals surface area contributed by atoms with E-state index in [1.165, 1.54) is 76.6 Å². The van der Waals surface area contributed by atoms with Gasteiger partial charge in [-0.1, -0.05) is 0 Å². The Morgan fingerprint density at radius 2 is 0.957 bits per heavy atom. The number of hydrogen-bond donors (Lipinski definition) is 0. The van der Waals surface area contributed by atoms with Crippen molar-refractivity contribution >= 4 is 15.4 Å². The molecular formula is C46H54Hf. The van der Waals surface area contributed by atoms with Crippen molar-refractivity contribution in [2.75, 3.05) is 0 Å². The molecule has 3 aliphatic carbocycles. The van der Waals surface area contributed by atoms with E-state index in [2.05, 4.69) is 160 Å². The molecule has 0 nitrogen and oxygen atoms in total. The molecule has 0 saturated heterocycles. The van der Waals surface area contributed by atoms with Crippen molar-refractivity contribution in [1.82, 2.24) is 0 Å². The quantitative estimate of drug-likeness (QED) is 0.181. The Morgan fingerprint density at radius 3 is 1.38 bits per heavy atom. The fourth-order valence-corrected chi connectivity index (χ4v) is 34.6. The summed E-state index contributed by atoms with van der Waals surface area (Å²) < 4.78 is 8.69. The van der Waals surface area contributed by atoms with Gasteiger partial charge in [0.15, 0.2) is 0 Å². The summed E-state index contributed by atoms with van der Waals surface area (Å²) in [6.45, 7) is 13.9. The number of benzene rings is 4. The molecule has 1 fully saturated rings. The topological polar surface area (TPSA) is 0 Å². The van der Waals surface area contributed by atoms with Gasteiger partial charge in [0.2, 0.25) is 0 Å². The Hall–Kier alpha value is -2.90. The van der Waals surface area contributed by atoms with Crippen LogP contribution in [-0.4, -0.2) is 3.26 Å². The fourth-order valence-electron chi connectivity index (χ4n) is 9.43. The van der Waals surface area contributed by atoms with Crippen molar-refractivity contribution < 1.29 is 18.0 Å². The van der Waals surface area contributed by atoms with Crippen LogP contribution in [0.5, 0.6) is 0 Å². The zero-order chi connectivity index (χ0) is 33.2. The van der Waals surface area contributed by atoms with Crippen LogP contribution >= 0.6 is 0 Å². The predicted octanol–water partition coefficient (Wildman–Crippen LogP) is 13.4. The van der Waals surface area contributed by atoms with Gasteiger partial charge in [0.05, 0.1) is 0 Å². The molecule has 242 valence electrons. The molecule has 0 N–H and O–H groups in total. The van der Waals surface area contributed by atoms with E-state index in [1.54, 1.807) is 11.1 Å². The second-order valence-corrected chi connectivity index (χ2v) is 43.5. The van der Waals surface area contributed by atoms with Crippen LogP contribution in [0.1, 0.15) is 114 Å². The van der Waals surface area contributed by atoms with Crippen LogP contribution in [0.4, 0.5) is 0 Å². The third-order valence-electron chi connectivity index (χ3n) is 12.4. The molecule has 0 heterocycles. The summed E-state index contributed by atoms with van der Waals surface area (Å²) >= 11 is -4.01. The fraction of sp³-hybridized carbons (Fsp3) is 0.370. The van der Waals surface area contributed by atoms with Crippen LogP contribution in [0, 0.1) is 0 Å². The van der Waals surface area contributed by atoms with E-state index in [4.69, 9.17) is 0 Å². The summed E-state index contributed by atoms with van der Waals surface area (Å²) in [5, 5.41) is 0. The molecule has 0 aromatic heterocycles. The van der Waals surface area contributed by atoms with Gasteiger partial charge < -0.3 is 0 Å². The van der Waals surface area contributed by atoms with Crippen LogP contribution in [0.15, 0.2) is 97.1 Å². The molecule has 2 unspecified atom stereocenters. The van der Waals surface area contributed by atoms with Crippen molar-refractivity contribution in [1.29, 1.82) is 0 Å². The van der Waals surface area contributed by atoms with Crippen molar-refractivity contribution in [2.24, 2.45) is 0 Å². The SMILES string of the molecule is CC(C)(C)c1cccc(-c2cccc3c2C=C[CH]3[Hf]([CH3])([CH3])(=[C]2CCCCC2)[CH]2C=Cc3c(-c4cccc(C(C)(C)C)c4)cccc32)c1. The van der Waals surface area contributed by atoms with Crippen LogP contribution in [0.2, 0.25) is 9.36 Å². The zero-order valence-electron chi connectivity index (χ0n) is 30.1. The molecule has 1 heteroatoms. The summed E-state index contributed by atoms with van der Waals surface area (Å²) in [6, 6.07) is 33.0. The van der Waals surface area contributed by atoms with E-state index in [1.807, 2.05) is 3.26 Å². The average molecular weight is 785 g/mol. The molecule has 1 saturated carbocycles. The first kappa shape index (κ1) is 32.6. The molecule has 4 aromatic rings. The maximum atomic E-state index is 2.85. The van der Waals surface area contributed by atoms with Gasteiger partial charge in [0.25, 0.3) is 0 Å². The second kappa shape index (κ2) is 11.6. The molecule has 0 radical (unpaired) electrons. The third-order valence-corrected chi connectivity index (χ3v) is 39.6. The average Bonchev–Trinajstić information content (AvgIpc) is 3.71. The van der Waals surface area contributed by atoms with Gasteiger partial charge in [-0.15, -0.1) is 0 Å². The van der Waals surface area contributed by atoms with Gasteiger partial charge in [-0.05, 0) is 0 Å². The van der Waals surface area contributed by atoms with E-state index < -0.39 is 18.0 Å². The van der Waals surface area contributed by atoms with Gasteiger partial charge in [0, 0.05) is 0 Å². The first-order valence-corrected chi connectivity index (χ1v) is 31.3. The Morgan fingerprint density at radius 1 is 0.532 bits per heavy atom. The first-order valence-electron chi connectivity index (χ1n) is 18.2. The van der Waals surface area contributed by atoms with Crippen molar-refractivity contribution in [3.63, 3.8) is 0 Å². The van der Waals surface area contributed by atoms with Crippen molar-refractivity contribution in [3.8, 4) is 22.3 Å². The molecular weight excluding hydrogens is 731 g/mol. The van der Waals surface area contributed by atoms with Crippen LogP contribution < -0.4 is 0 Å².